The van der Waals surface area contributed by atoms with E-state index in [0.717, 1.165) is 25.8 Å². The Kier molecular flexibility index (Phi) is 6.34. The maximum atomic E-state index is 8.89. The summed E-state index contributed by atoms with van der Waals surface area (Å²) >= 11 is 0. The van der Waals surface area contributed by atoms with Gasteiger partial charge in [0.2, 0.25) is 0 Å². The minimum atomic E-state index is -0.167. The van der Waals surface area contributed by atoms with E-state index in [2.05, 4.69) is 5.32 Å². The second-order valence-electron chi connectivity index (χ2n) is 3.75. The Morgan fingerprint density at radius 2 is 1.75 bits per heavy atom. The van der Waals surface area contributed by atoms with Gasteiger partial charge in [0, 0.05) is 12.1 Å². The van der Waals surface area contributed by atoms with Crippen molar-refractivity contribution in [3.63, 3.8) is 0 Å². The number of hydrogen-bond acceptors (Lipinski definition) is 3. The molecule has 12 heavy (non-hydrogen) atoms. The molecule has 0 aromatic carbocycles. The van der Waals surface area contributed by atoms with Crippen LogP contribution in [0.2, 0.25) is 0 Å². The first-order valence-electron chi connectivity index (χ1n) is 4.59. The summed E-state index contributed by atoms with van der Waals surface area (Å²) in [6.07, 6.45) is 2.98. The van der Waals surface area contributed by atoms with Gasteiger partial charge in [0.05, 0.1) is 6.61 Å². The fraction of sp³-hybridized carbons (Fsp3) is 1.00. The van der Waals surface area contributed by atoms with Gasteiger partial charge in [0.1, 0.15) is 0 Å². The molecular weight excluding hydrogens is 154 g/mol. The molecule has 3 nitrogen and oxygen atoms in total. The lowest BCUT2D eigenvalue weighted by molar-refractivity contribution is 0.188. The Morgan fingerprint density at radius 3 is 2.25 bits per heavy atom. The van der Waals surface area contributed by atoms with Crippen LogP contribution in [0.25, 0.3) is 0 Å². The Balaban J connectivity index is 3.19. The molecule has 74 valence electrons. The van der Waals surface area contributed by atoms with Gasteiger partial charge < -0.3 is 15.5 Å². The quantitative estimate of drug-likeness (QED) is 0.494. The first-order chi connectivity index (χ1) is 5.62. The van der Waals surface area contributed by atoms with Crippen molar-refractivity contribution in [3.8, 4) is 0 Å². The van der Waals surface area contributed by atoms with Crippen LogP contribution in [-0.2, 0) is 0 Å². The summed E-state index contributed by atoms with van der Waals surface area (Å²) in [5.74, 6) is 0. The fourth-order valence-corrected chi connectivity index (χ4v) is 0.896. The van der Waals surface area contributed by atoms with Crippen LogP contribution >= 0.6 is 0 Å². The molecule has 0 bridgehead atoms. The minimum Gasteiger partial charge on any atom is -0.396 e. The highest BCUT2D eigenvalue weighted by molar-refractivity contribution is 4.75. The van der Waals surface area contributed by atoms with Crippen LogP contribution < -0.4 is 5.32 Å². The zero-order chi connectivity index (χ0) is 9.45. The summed E-state index contributed by atoms with van der Waals surface area (Å²) < 4.78 is 0. The van der Waals surface area contributed by atoms with Crippen molar-refractivity contribution in [1.82, 2.24) is 5.32 Å². The third kappa shape index (κ3) is 6.58. The van der Waals surface area contributed by atoms with Gasteiger partial charge in [-0.1, -0.05) is 0 Å². The van der Waals surface area contributed by atoms with Gasteiger partial charge in [-0.2, -0.15) is 0 Å². The Hall–Kier alpha value is -0.120. The number of unbranched alkanes of at least 4 members (excludes halogenated alkanes) is 2. The number of aliphatic hydroxyl groups excluding tert-OH is 2. The van der Waals surface area contributed by atoms with Gasteiger partial charge >= 0.3 is 0 Å². The first-order valence-corrected chi connectivity index (χ1v) is 4.59. The van der Waals surface area contributed by atoms with Crippen LogP contribution in [0.4, 0.5) is 0 Å². The lowest BCUT2D eigenvalue weighted by Crippen LogP contribution is -2.43. The average molecular weight is 175 g/mol. The highest BCUT2D eigenvalue weighted by atomic mass is 16.3. The van der Waals surface area contributed by atoms with Crippen molar-refractivity contribution < 1.29 is 10.2 Å². The maximum Gasteiger partial charge on any atom is 0.0607 e. The van der Waals surface area contributed by atoms with Crippen molar-refractivity contribution in [1.29, 1.82) is 0 Å². The number of rotatable bonds is 7. The van der Waals surface area contributed by atoms with Gasteiger partial charge in [-0.15, -0.1) is 0 Å². The normalized spacial score (nSPS) is 12.0. The van der Waals surface area contributed by atoms with Gasteiger partial charge in [-0.05, 0) is 39.7 Å². The fourth-order valence-electron chi connectivity index (χ4n) is 0.896. The second-order valence-corrected chi connectivity index (χ2v) is 3.75. The molecule has 0 saturated heterocycles. The predicted molar refractivity (Wildman–Crippen MR) is 50.1 cm³/mol. The van der Waals surface area contributed by atoms with E-state index in [-0.39, 0.29) is 18.8 Å². The van der Waals surface area contributed by atoms with Crippen molar-refractivity contribution in [3.05, 3.63) is 0 Å². The predicted octanol–water partition coefficient (Wildman–Crippen LogP) is 0.509. The van der Waals surface area contributed by atoms with E-state index in [0.29, 0.717) is 0 Å². The third-order valence-corrected chi connectivity index (χ3v) is 1.83. The summed E-state index contributed by atoms with van der Waals surface area (Å²) in [7, 11) is 0. The maximum absolute atomic E-state index is 8.89. The molecule has 3 heteroatoms. The zero-order valence-electron chi connectivity index (χ0n) is 8.14. The van der Waals surface area contributed by atoms with E-state index in [1.165, 1.54) is 0 Å². The zero-order valence-corrected chi connectivity index (χ0v) is 8.14. The summed E-state index contributed by atoms with van der Waals surface area (Å²) in [6, 6.07) is 0. The van der Waals surface area contributed by atoms with E-state index in [4.69, 9.17) is 10.2 Å². The third-order valence-electron chi connectivity index (χ3n) is 1.83. The van der Waals surface area contributed by atoms with Crippen molar-refractivity contribution in [2.45, 2.75) is 38.6 Å². The van der Waals surface area contributed by atoms with E-state index < -0.39 is 0 Å². The molecule has 0 aliphatic rings. The lowest BCUT2D eigenvalue weighted by atomic mass is 10.1. The summed E-state index contributed by atoms with van der Waals surface area (Å²) in [5, 5.41) is 20.6. The molecule has 0 aromatic heterocycles. The number of hydrogen-bond donors (Lipinski definition) is 3. The van der Waals surface area contributed by atoms with Crippen LogP contribution in [0.3, 0.4) is 0 Å². The molecule has 0 atom stereocenters. The summed E-state index contributed by atoms with van der Waals surface area (Å²) in [5.41, 5.74) is -0.167. The molecule has 0 unspecified atom stereocenters. The van der Waals surface area contributed by atoms with Crippen molar-refractivity contribution in [2.24, 2.45) is 0 Å². The van der Waals surface area contributed by atoms with E-state index in [1.807, 2.05) is 13.8 Å². The summed E-state index contributed by atoms with van der Waals surface area (Å²) in [4.78, 5) is 0. The van der Waals surface area contributed by atoms with Gasteiger partial charge in [-0.3, -0.25) is 0 Å². The average Bonchev–Trinajstić information content (AvgIpc) is 2.04. The minimum absolute atomic E-state index is 0.160. The monoisotopic (exact) mass is 175 g/mol. The standard InChI is InChI=1S/C9H21NO2/c1-9(2,8-12)10-6-4-3-5-7-11/h10-12H,3-8H2,1-2H3. The van der Waals surface area contributed by atoms with Crippen LogP contribution in [0.15, 0.2) is 0 Å². The Labute approximate surface area is 74.8 Å². The van der Waals surface area contributed by atoms with Crippen molar-refractivity contribution in [2.75, 3.05) is 19.8 Å². The highest BCUT2D eigenvalue weighted by Gasteiger charge is 2.13. The molecule has 0 spiro atoms. The van der Waals surface area contributed by atoms with Crippen LogP contribution in [0.1, 0.15) is 33.1 Å². The SMILES string of the molecule is CC(C)(CO)NCCCCCO. The highest BCUT2D eigenvalue weighted by Crippen LogP contribution is 2.00. The molecule has 0 saturated carbocycles. The van der Waals surface area contributed by atoms with E-state index in [1.54, 1.807) is 0 Å². The lowest BCUT2D eigenvalue weighted by Gasteiger charge is -2.23. The molecular formula is C9H21NO2. The molecule has 0 radical (unpaired) electrons. The van der Waals surface area contributed by atoms with Crippen LogP contribution in [0.5, 0.6) is 0 Å². The molecule has 0 aliphatic heterocycles. The molecule has 3 N–H and O–H groups in total. The second kappa shape index (κ2) is 6.40. The number of aliphatic hydroxyl groups is 2. The Bertz CT molecular complexity index is 105. The summed E-state index contributed by atoms with van der Waals surface area (Å²) in [6.45, 7) is 5.29. The van der Waals surface area contributed by atoms with E-state index >= 15 is 0 Å². The van der Waals surface area contributed by atoms with Crippen LogP contribution in [0, 0.1) is 0 Å². The van der Waals surface area contributed by atoms with Crippen LogP contribution in [-0.4, -0.2) is 35.5 Å². The van der Waals surface area contributed by atoms with Gasteiger partial charge in [-0.25, -0.2) is 0 Å². The van der Waals surface area contributed by atoms with Crippen molar-refractivity contribution >= 4 is 0 Å². The Morgan fingerprint density at radius 1 is 1.08 bits per heavy atom. The van der Waals surface area contributed by atoms with Gasteiger partial charge in [0.25, 0.3) is 0 Å². The topological polar surface area (TPSA) is 52.5 Å². The molecule has 0 amide bonds. The molecule has 0 heterocycles. The largest absolute Gasteiger partial charge is 0.396 e. The smallest absolute Gasteiger partial charge is 0.0607 e. The number of nitrogens with one attached hydrogen (secondary N) is 1. The van der Waals surface area contributed by atoms with Gasteiger partial charge in [0.15, 0.2) is 0 Å². The van der Waals surface area contributed by atoms with E-state index in [9.17, 15) is 0 Å². The molecule has 0 aromatic rings. The molecule has 0 aliphatic carbocycles. The molecule has 0 fully saturated rings. The molecule has 0 rings (SSSR count). The first kappa shape index (κ1) is 11.9.